The van der Waals surface area contributed by atoms with Crippen LogP contribution in [0.1, 0.15) is 17.7 Å². The summed E-state index contributed by atoms with van der Waals surface area (Å²) in [6, 6.07) is 11.7. The first-order valence-electron chi connectivity index (χ1n) is 7.37. The lowest BCUT2D eigenvalue weighted by Gasteiger charge is -2.07. The third-order valence-corrected chi connectivity index (χ3v) is 4.37. The second-order valence-electron chi connectivity index (χ2n) is 5.19. The van der Waals surface area contributed by atoms with Gasteiger partial charge in [-0.3, -0.25) is 4.79 Å². The number of aromatic nitrogens is 4. The first kappa shape index (κ1) is 15.4. The summed E-state index contributed by atoms with van der Waals surface area (Å²) >= 11 is 1.73. The summed E-state index contributed by atoms with van der Waals surface area (Å²) in [5.74, 6) is 0.689. The quantitative estimate of drug-likeness (QED) is 0.755. The van der Waals surface area contributed by atoms with E-state index in [1.807, 2.05) is 30.3 Å². The van der Waals surface area contributed by atoms with E-state index in [1.165, 1.54) is 4.88 Å². The first-order chi connectivity index (χ1) is 11.2. The van der Waals surface area contributed by atoms with Gasteiger partial charge in [-0.25, -0.2) is 4.68 Å². The SMILES string of the molecule is Cn1nnnc1-c1cccc(NC(=O)CCCc2cccs2)c1. The van der Waals surface area contributed by atoms with Gasteiger partial charge >= 0.3 is 0 Å². The molecule has 1 amide bonds. The summed E-state index contributed by atoms with van der Waals surface area (Å²) in [5.41, 5.74) is 1.63. The molecule has 1 N–H and O–H groups in total. The molecule has 0 atom stereocenters. The highest BCUT2D eigenvalue weighted by Gasteiger charge is 2.08. The Morgan fingerprint density at radius 1 is 1.30 bits per heavy atom. The summed E-state index contributed by atoms with van der Waals surface area (Å²) < 4.78 is 1.60. The molecule has 0 aliphatic heterocycles. The highest BCUT2D eigenvalue weighted by Crippen LogP contribution is 2.20. The molecule has 0 fully saturated rings. The summed E-state index contributed by atoms with van der Waals surface area (Å²) in [4.78, 5) is 13.4. The van der Waals surface area contributed by atoms with Crippen molar-refractivity contribution in [2.75, 3.05) is 5.32 Å². The monoisotopic (exact) mass is 327 g/mol. The van der Waals surface area contributed by atoms with Gasteiger partial charge in [0.2, 0.25) is 5.91 Å². The number of aryl methyl sites for hydroxylation is 2. The van der Waals surface area contributed by atoms with Gasteiger partial charge in [-0.1, -0.05) is 18.2 Å². The third-order valence-electron chi connectivity index (χ3n) is 3.43. The number of nitrogens with one attached hydrogen (secondary N) is 1. The molecule has 0 saturated heterocycles. The number of nitrogens with zero attached hydrogens (tertiary/aromatic N) is 4. The molecule has 0 aliphatic rings. The average molecular weight is 327 g/mol. The molecule has 0 aliphatic carbocycles. The lowest BCUT2D eigenvalue weighted by molar-refractivity contribution is -0.116. The van der Waals surface area contributed by atoms with E-state index >= 15 is 0 Å². The number of amides is 1. The van der Waals surface area contributed by atoms with E-state index in [1.54, 1.807) is 23.1 Å². The van der Waals surface area contributed by atoms with E-state index < -0.39 is 0 Å². The first-order valence-corrected chi connectivity index (χ1v) is 8.25. The van der Waals surface area contributed by atoms with Crippen molar-refractivity contribution in [1.29, 1.82) is 0 Å². The van der Waals surface area contributed by atoms with E-state index in [4.69, 9.17) is 0 Å². The molecule has 2 aromatic heterocycles. The van der Waals surface area contributed by atoms with Crippen LogP contribution in [-0.4, -0.2) is 26.1 Å². The van der Waals surface area contributed by atoms with Crippen LogP contribution >= 0.6 is 11.3 Å². The van der Waals surface area contributed by atoms with Crippen LogP contribution in [0.2, 0.25) is 0 Å². The highest BCUT2D eigenvalue weighted by atomic mass is 32.1. The Bertz CT molecular complexity index is 781. The van der Waals surface area contributed by atoms with Gasteiger partial charge in [-0.05, 0) is 46.8 Å². The molecule has 3 rings (SSSR count). The molecular formula is C16H17N5OS. The standard InChI is InChI=1S/C16H17N5OS/c1-21-16(18-19-20-21)12-5-2-6-13(11-12)17-15(22)9-3-7-14-8-4-10-23-14/h2,4-6,8,10-11H,3,7,9H2,1H3,(H,17,22). The van der Waals surface area contributed by atoms with Crippen molar-refractivity contribution < 1.29 is 4.79 Å². The molecule has 0 saturated carbocycles. The number of carbonyl (C=O) groups excluding carboxylic acids is 1. The molecule has 0 unspecified atom stereocenters. The molecule has 0 bridgehead atoms. The van der Waals surface area contributed by atoms with Crippen LogP contribution in [-0.2, 0) is 18.3 Å². The molecule has 6 nitrogen and oxygen atoms in total. The summed E-state index contributed by atoms with van der Waals surface area (Å²) in [6.07, 6.45) is 2.29. The maximum Gasteiger partial charge on any atom is 0.224 e. The summed E-state index contributed by atoms with van der Waals surface area (Å²) in [7, 11) is 1.78. The fourth-order valence-corrected chi connectivity index (χ4v) is 3.06. The number of rotatable bonds is 6. The van der Waals surface area contributed by atoms with Gasteiger partial charge in [-0.2, -0.15) is 0 Å². The third kappa shape index (κ3) is 4.01. The van der Waals surface area contributed by atoms with Crippen molar-refractivity contribution in [3.63, 3.8) is 0 Å². The number of benzene rings is 1. The summed E-state index contributed by atoms with van der Waals surface area (Å²) in [6.45, 7) is 0. The van der Waals surface area contributed by atoms with Crippen LogP contribution in [0.15, 0.2) is 41.8 Å². The van der Waals surface area contributed by atoms with Crippen LogP contribution in [0.5, 0.6) is 0 Å². The van der Waals surface area contributed by atoms with Gasteiger partial charge in [0.15, 0.2) is 5.82 Å². The Morgan fingerprint density at radius 3 is 2.96 bits per heavy atom. The molecule has 0 radical (unpaired) electrons. The number of hydrogen-bond donors (Lipinski definition) is 1. The average Bonchev–Trinajstić information content (AvgIpc) is 3.19. The molecule has 118 valence electrons. The lowest BCUT2D eigenvalue weighted by Crippen LogP contribution is -2.11. The van der Waals surface area contributed by atoms with Crippen molar-refractivity contribution in [2.24, 2.45) is 7.05 Å². The zero-order valence-electron chi connectivity index (χ0n) is 12.8. The van der Waals surface area contributed by atoms with Crippen LogP contribution in [0.3, 0.4) is 0 Å². The van der Waals surface area contributed by atoms with Crippen molar-refractivity contribution in [2.45, 2.75) is 19.3 Å². The maximum absolute atomic E-state index is 12.1. The van der Waals surface area contributed by atoms with Gasteiger partial charge in [0.05, 0.1) is 0 Å². The van der Waals surface area contributed by atoms with Crippen LogP contribution in [0.4, 0.5) is 5.69 Å². The molecule has 7 heteroatoms. The number of tetrazole rings is 1. The van der Waals surface area contributed by atoms with Crippen LogP contribution in [0.25, 0.3) is 11.4 Å². The fourth-order valence-electron chi connectivity index (χ4n) is 2.31. The minimum Gasteiger partial charge on any atom is -0.326 e. The van der Waals surface area contributed by atoms with Crippen LogP contribution in [0, 0.1) is 0 Å². The number of anilines is 1. The molecule has 0 spiro atoms. The second-order valence-corrected chi connectivity index (χ2v) is 6.22. The Hall–Kier alpha value is -2.54. The van der Waals surface area contributed by atoms with Crippen molar-refractivity contribution in [1.82, 2.24) is 20.2 Å². The normalized spacial score (nSPS) is 10.7. The van der Waals surface area contributed by atoms with E-state index in [9.17, 15) is 4.79 Å². The minimum atomic E-state index is 0.0230. The Morgan fingerprint density at radius 2 is 2.22 bits per heavy atom. The van der Waals surface area contributed by atoms with Crippen molar-refractivity contribution >= 4 is 22.9 Å². The minimum absolute atomic E-state index is 0.0230. The second kappa shape index (κ2) is 7.15. The number of hydrogen-bond acceptors (Lipinski definition) is 5. The smallest absolute Gasteiger partial charge is 0.224 e. The van der Waals surface area contributed by atoms with Gasteiger partial charge in [0.1, 0.15) is 0 Å². The Kier molecular flexibility index (Phi) is 4.77. The van der Waals surface area contributed by atoms with Gasteiger partial charge in [0, 0.05) is 29.6 Å². The van der Waals surface area contributed by atoms with Gasteiger partial charge in [0.25, 0.3) is 0 Å². The van der Waals surface area contributed by atoms with E-state index in [-0.39, 0.29) is 5.91 Å². The van der Waals surface area contributed by atoms with Gasteiger partial charge in [-0.15, -0.1) is 16.4 Å². The molecule has 2 heterocycles. The zero-order chi connectivity index (χ0) is 16.1. The Balaban J connectivity index is 1.57. The highest BCUT2D eigenvalue weighted by molar-refractivity contribution is 7.09. The molecule has 1 aromatic carbocycles. The van der Waals surface area contributed by atoms with E-state index in [2.05, 4.69) is 32.3 Å². The maximum atomic E-state index is 12.1. The summed E-state index contributed by atoms with van der Waals surface area (Å²) in [5, 5.41) is 16.4. The molecular weight excluding hydrogens is 310 g/mol. The Labute approximate surface area is 138 Å². The topological polar surface area (TPSA) is 72.7 Å². The predicted molar refractivity (Wildman–Crippen MR) is 90.1 cm³/mol. The van der Waals surface area contributed by atoms with Gasteiger partial charge < -0.3 is 5.32 Å². The predicted octanol–water partition coefficient (Wildman–Crippen LogP) is 2.90. The van der Waals surface area contributed by atoms with Crippen LogP contribution < -0.4 is 5.32 Å². The largest absolute Gasteiger partial charge is 0.326 e. The van der Waals surface area contributed by atoms with E-state index in [0.717, 1.165) is 24.1 Å². The van der Waals surface area contributed by atoms with Crippen molar-refractivity contribution in [3.8, 4) is 11.4 Å². The van der Waals surface area contributed by atoms with Crippen molar-refractivity contribution in [3.05, 3.63) is 46.7 Å². The lowest BCUT2D eigenvalue weighted by atomic mass is 10.1. The number of carbonyl (C=O) groups is 1. The number of thiophene rings is 1. The fraction of sp³-hybridized carbons (Fsp3) is 0.250. The molecule has 3 aromatic rings. The molecule has 23 heavy (non-hydrogen) atoms. The van der Waals surface area contributed by atoms with E-state index in [0.29, 0.717) is 12.2 Å². The zero-order valence-corrected chi connectivity index (χ0v) is 13.6.